The van der Waals surface area contributed by atoms with Crippen molar-refractivity contribution in [2.75, 3.05) is 20.3 Å². The summed E-state index contributed by atoms with van der Waals surface area (Å²) in [6.07, 6.45) is 0.712. The normalized spacial score (nSPS) is 15.7. The number of methoxy groups -OCH3 is 1. The highest BCUT2D eigenvalue weighted by molar-refractivity contribution is 9.10. The Bertz CT molecular complexity index is 1100. The molecule has 0 spiro atoms. The number of phenolic OH excluding ortho intramolecular Hbond substituents is 1. The lowest BCUT2D eigenvalue weighted by atomic mass is 9.95. The van der Waals surface area contributed by atoms with Crippen molar-refractivity contribution in [3.8, 4) is 17.0 Å². The van der Waals surface area contributed by atoms with Crippen LogP contribution in [-0.4, -0.2) is 46.4 Å². The van der Waals surface area contributed by atoms with Crippen LogP contribution in [0, 0.1) is 6.92 Å². The topological polar surface area (TPSA) is 78.5 Å². The summed E-state index contributed by atoms with van der Waals surface area (Å²) < 4.78 is 6.13. The van der Waals surface area contributed by atoms with E-state index >= 15 is 0 Å². The minimum atomic E-state index is -0.328. The number of carbonyl (C=O) groups excluding carboxylic acids is 1. The first-order valence-corrected chi connectivity index (χ1v) is 10.7. The van der Waals surface area contributed by atoms with E-state index in [2.05, 4.69) is 26.1 Å². The Labute approximate surface area is 187 Å². The molecule has 1 unspecified atom stereocenters. The monoisotopic (exact) mass is 489 g/mol. The molecule has 8 heteroatoms. The second kappa shape index (κ2) is 8.41. The van der Waals surface area contributed by atoms with Gasteiger partial charge >= 0.3 is 0 Å². The molecule has 156 valence electrons. The van der Waals surface area contributed by atoms with Gasteiger partial charge in [-0.3, -0.25) is 9.89 Å². The van der Waals surface area contributed by atoms with Gasteiger partial charge in [-0.05, 0) is 48.7 Å². The number of halogens is 2. The second-order valence-electron chi connectivity index (χ2n) is 7.28. The van der Waals surface area contributed by atoms with Crippen molar-refractivity contribution >= 4 is 33.4 Å². The number of fused-ring (bicyclic) bond motifs is 1. The van der Waals surface area contributed by atoms with Crippen LogP contribution in [0.25, 0.3) is 11.3 Å². The first-order chi connectivity index (χ1) is 14.4. The molecule has 2 aromatic carbocycles. The fraction of sp³-hybridized carbons (Fsp3) is 0.273. The van der Waals surface area contributed by atoms with E-state index in [0.717, 1.165) is 21.2 Å². The number of aromatic hydroxyl groups is 1. The molecule has 0 fully saturated rings. The molecule has 0 saturated heterocycles. The first-order valence-electron chi connectivity index (χ1n) is 9.55. The summed E-state index contributed by atoms with van der Waals surface area (Å²) in [4.78, 5) is 15.0. The van der Waals surface area contributed by atoms with Crippen LogP contribution in [0.15, 0.2) is 40.9 Å². The Morgan fingerprint density at radius 3 is 2.73 bits per heavy atom. The number of benzene rings is 2. The summed E-state index contributed by atoms with van der Waals surface area (Å²) >= 11 is 9.79. The van der Waals surface area contributed by atoms with Gasteiger partial charge in [-0.2, -0.15) is 5.10 Å². The predicted octanol–water partition coefficient (Wildman–Crippen LogP) is 5.09. The van der Waals surface area contributed by atoms with Crippen molar-refractivity contribution in [2.24, 2.45) is 0 Å². The molecule has 1 amide bonds. The molecule has 0 aliphatic carbocycles. The van der Waals surface area contributed by atoms with E-state index in [9.17, 15) is 9.90 Å². The first kappa shape index (κ1) is 20.9. The highest BCUT2D eigenvalue weighted by Crippen LogP contribution is 2.45. The quantitative estimate of drug-likeness (QED) is 0.472. The lowest BCUT2D eigenvalue weighted by Gasteiger charge is -2.26. The number of aryl methyl sites for hydroxylation is 1. The van der Waals surface area contributed by atoms with Crippen molar-refractivity contribution in [3.05, 3.63) is 68.3 Å². The molecule has 6 nitrogen and oxygen atoms in total. The molecule has 0 bridgehead atoms. The Hall–Kier alpha value is -2.35. The third kappa shape index (κ3) is 3.62. The molecule has 1 aliphatic heterocycles. The number of phenols is 1. The standard InChI is InChI=1S/C22H21BrClN3O3/c1-12-10-17(28)15(11-16(12)24)19-18-20(26-25-19)22(29)27(8-3-9-30-2)21(18)13-4-6-14(23)7-5-13/h4-7,10-11,21,28H,3,8-9H2,1-2H3,(H,25,26). The van der Waals surface area contributed by atoms with E-state index < -0.39 is 0 Å². The molecule has 3 aromatic rings. The third-order valence-corrected chi connectivity index (χ3v) is 6.26. The fourth-order valence-corrected chi connectivity index (χ4v) is 4.29. The number of ether oxygens (including phenoxy) is 1. The maximum absolute atomic E-state index is 13.2. The molecular weight excluding hydrogens is 470 g/mol. The SMILES string of the molecule is COCCCN1C(=O)c2[nH]nc(-c3cc(Cl)c(C)cc3O)c2C1c1ccc(Br)cc1. The fourth-order valence-electron chi connectivity index (χ4n) is 3.86. The number of rotatable bonds is 6. The van der Waals surface area contributed by atoms with Gasteiger partial charge in [0.15, 0.2) is 0 Å². The van der Waals surface area contributed by atoms with Crippen molar-refractivity contribution in [3.63, 3.8) is 0 Å². The van der Waals surface area contributed by atoms with E-state index in [0.29, 0.717) is 41.5 Å². The number of hydrogen-bond acceptors (Lipinski definition) is 4. The van der Waals surface area contributed by atoms with Crippen LogP contribution in [0.3, 0.4) is 0 Å². The minimum Gasteiger partial charge on any atom is -0.507 e. The number of aromatic amines is 1. The molecule has 0 saturated carbocycles. The molecule has 2 N–H and O–H groups in total. The van der Waals surface area contributed by atoms with Crippen LogP contribution >= 0.6 is 27.5 Å². The lowest BCUT2D eigenvalue weighted by molar-refractivity contribution is 0.0723. The zero-order chi connectivity index (χ0) is 21.4. The largest absolute Gasteiger partial charge is 0.507 e. The van der Waals surface area contributed by atoms with E-state index in [1.807, 2.05) is 36.1 Å². The van der Waals surface area contributed by atoms with Crippen molar-refractivity contribution in [2.45, 2.75) is 19.4 Å². The van der Waals surface area contributed by atoms with Crippen molar-refractivity contribution in [1.82, 2.24) is 15.1 Å². The van der Waals surface area contributed by atoms with Gasteiger partial charge in [-0.25, -0.2) is 0 Å². The number of nitrogens with one attached hydrogen (secondary N) is 1. The molecule has 30 heavy (non-hydrogen) atoms. The van der Waals surface area contributed by atoms with Crippen LogP contribution in [0.4, 0.5) is 0 Å². The van der Waals surface area contributed by atoms with Gasteiger partial charge in [0.2, 0.25) is 0 Å². The maximum atomic E-state index is 13.2. The average molecular weight is 491 g/mol. The van der Waals surface area contributed by atoms with E-state index in [4.69, 9.17) is 16.3 Å². The summed E-state index contributed by atoms with van der Waals surface area (Å²) in [7, 11) is 1.65. The van der Waals surface area contributed by atoms with Crippen LogP contribution in [0.1, 0.15) is 39.6 Å². The zero-order valence-corrected chi connectivity index (χ0v) is 18.9. The Morgan fingerprint density at radius 1 is 1.30 bits per heavy atom. The number of hydrogen-bond donors (Lipinski definition) is 2. The third-order valence-electron chi connectivity index (χ3n) is 5.33. The summed E-state index contributed by atoms with van der Waals surface area (Å²) in [6, 6.07) is 10.8. The molecule has 0 radical (unpaired) electrons. The highest BCUT2D eigenvalue weighted by atomic mass is 79.9. The lowest BCUT2D eigenvalue weighted by Crippen LogP contribution is -2.31. The number of amides is 1. The molecule has 1 aliphatic rings. The van der Waals surface area contributed by atoms with Gasteiger partial charge in [0.25, 0.3) is 5.91 Å². The van der Waals surface area contributed by atoms with Gasteiger partial charge in [-0.15, -0.1) is 0 Å². The summed E-state index contributed by atoms with van der Waals surface area (Å²) in [5, 5.41) is 18.4. The van der Waals surface area contributed by atoms with Gasteiger partial charge in [0, 0.05) is 40.9 Å². The molecular formula is C22H21BrClN3O3. The Balaban J connectivity index is 1.86. The summed E-state index contributed by atoms with van der Waals surface area (Å²) in [6.45, 7) is 2.92. The minimum absolute atomic E-state index is 0.0750. The van der Waals surface area contributed by atoms with Crippen LogP contribution < -0.4 is 0 Å². The van der Waals surface area contributed by atoms with Crippen LogP contribution in [0.2, 0.25) is 5.02 Å². The summed E-state index contributed by atoms with van der Waals surface area (Å²) in [5.41, 5.74) is 3.94. The maximum Gasteiger partial charge on any atom is 0.273 e. The molecule has 4 rings (SSSR count). The van der Waals surface area contributed by atoms with Crippen LogP contribution in [-0.2, 0) is 4.74 Å². The van der Waals surface area contributed by atoms with Crippen molar-refractivity contribution in [1.29, 1.82) is 0 Å². The van der Waals surface area contributed by atoms with E-state index in [1.54, 1.807) is 19.2 Å². The Kier molecular flexibility index (Phi) is 5.86. The van der Waals surface area contributed by atoms with Crippen LogP contribution in [0.5, 0.6) is 5.75 Å². The van der Waals surface area contributed by atoms with Gasteiger partial charge in [0.1, 0.15) is 17.1 Å². The molecule has 1 aromatic heterocycles. The number of carbonyl (C=O) groups is 1. The summed E-state index contributed by atoms with van der Waals surface area (Å²) in [5.74, 6) is -0.0449. The second-order valence-corrected chi connectivity index (χ2v) is 8.60. The average Bonchev–Trinajstić information content (AvgIpc) is 3.25. The smallest absolute Gasteiger partial charge is 0.273 e. The van der Waals surface area contributed by atoms with Gasteiger partial charge < -0.3 is 14.7 Å². The molecule has 2 heterocycles. The predicted molar refractivity (Wildman–Crippen MR) is 119 cm³/mol. The van der Waals surface area contributed by atoms with Crippen molar-refractivity contribution < 1.29 is 14.6 Å². The van der Waals surface area contributed by atoms with Gasteiger partial charge in [-0.1, -0.05) is 39.7 Å². The number of nitrogens with zero attached hydrogens (tertiary/aromatic N) is 2. The van der Waals surface area contributed by atoms with E-state index in [-0.39, 0.29) is 17.7 Å². The van der Waals surface area contributed by atoms with E-state index in [1.165, 1.54) is 0 Å². The Morgan fingerprint density at radius 2 is 2.03 bits per heavy atom. The zero-order valence-electron chi connectivity index (χ0n) is 16.6. The number of aromatic nitrogens is 2. The number of H-pyrrole nitrogens is 1. The van der Waals surface area contributed by atoms with Gasteiger partial charge in [0.05, 0.1) is 6.04 Å². The molecule has 1 atom stereocenters. The highest BCUT2D eigenvalue weighted by Gasteiger charge is 2.42.